The Morgan fingerprint density at radius 3 is 2.46 bits per heavy atom. The molecule has 1 aliphatic rings. The molecule has 35 heavy (non-hydrogen) atoms. The lowest BCUT2D eigenvalue weighted by Gasteiger charge is -2.29. The fourth-order valence-electron chi connectivity index (χ4n) is 4.39. The molecule has 4 rings (SSSR count). The second kappa shape index (κ2) is 11.6. The summed E-state index contributed by atoms with van der Waals surface area (Å²) in [6.07, 6.45) is 4.70. The van der Waals surface area contributed by atoms with Gasteiger partial charge in [0.2, 0.25) is 5.91 Å². The van der Waals surface area contributed by atoms with Crippen molar-refractivity contribution in [3.63, 3.8) is 0 Å². The second-order valence-corrected chi connectivity index (χ2v) is 9.03. The summed E-state index contributed by atoms with van der Waals surface area (Å²) in [5, 5.41) is 9.75. The van der Waals surface area contributed by atoms with Gasteiger partial charge in [0.15, 0.2) is 0 Å². The third-order valence-corrected chi connectivity index (χ3v) is 6.58. The number of carboxylic acid groups (broad SMARTS) is 1. The molecule has 1 amide bonds. The van der Waals surface area contributed by atoms with E-state index in [1.807, 2.05) is 54.7 Å². The summed E-state index contributed by atoms with van der Waals surface area (Å²) in [6.45, 7) is 3.80. The molecule has 1 N–H and O–H groups in total. The standard InChI is InChI=1S/C29H32N2O4/c1-2-21-7-10-26(30-19-21)14-16-35-27-11-8-22(9-12-27)17-25(29(33)34)18-28(32)31-15-13-23-5-3-4-6-24(23)20-31/h3-12,19,25H,2,13-18,20H2,1H3,(H,33,34). The number of amides is 1. The average Bonchev–Trinajstić information content (AvgIpc) is 2.89. The van der Waals surface area contributed by atoms with Gasteiger partial charge in [-0.2, -0.15) is 0 Å². The zero-order chi connectivity index (χ0) is 24.6. The zero-order valence-electron chi connectivity index (χ0n) is 20.2. The molecule has 0 spiro atoms. The molecule has 0 radical (unpaired) electrons. The molecule has 1 unspecified atom stereocenters. The maximum absolute atomic E-state index is 12.9. The first kappa shape index (κ1) is 24.5. The van der Waals surface area contributed by atoms with E-state index >= 15 is 0 Å². The number of carbonyl (C=O) groups is 2. The number of rotatable bonds is 10. The van der Waals surface area contributed by atoms with Gasteiger partial charge < -0.3 is 14.7 Å². The normalized spacial score (nSPS) is 13.7. The van der Waals surface area contributed by atoms with Crippen molar-refractivity contribution in [2.24, 2.45) is 5.92 Å². The molecule has 6 nitrogen and oxygen atoms in total. The molecule has 182 valence electrons. The summed E-state index contributed by atoms with van der Waals surface area (Å²) >= 11 is 0. The quantitative estimate of drug-likeness (QED) is 0.471. The van der Waals surface area contributed by atoms with Crippen LogP contribution < -0.4 is 4.74 Å². The van der Waals surface area contributed by atoms with Crippen molar-refractivity contribution in [2.75, 3.05) is 13.2 Å². The number of benzene rings is 2. The van der Waals surface area contributed by atoms with Crippen LogP contribution in [0, 0.1) is 5.92 Å². The SMILES string of the molecule is CCc1ccc(CCOc2ccc(CC(CC(=O)N3CCc4ccccc4C3)C(=O)O)cc2)nc1. The third kappa shape index (κ3) is 6.69. The molecule has 0 saturated heterocycles. The Labute approximate surface area is 206 Å². The van der Waals surface area contributed by atoms with Crippen molar-refractivity contribution in [1.82, 2.24) is 9.88 Å². The van der Waals surface area contributed by atoms with Crippen molar-refractivity contribution in [3.05, 3.63) is 94.8 Å². The van der Waals surface area contributed by atoms with Gasteiger partial charge in [-0.05, 0) is 59.7 Å². The van der Waals surface area contributed by atoms with Gasteiger partial charge in [-0.3, -0.25) is 14.6 Å². The molecule has 1 aromatic heterocycles. The van der Waals surface area contributed by atoms with Gasteiger partial charge in [-0.25, -0.2) is 0 Å². The minimum Gasteiger partial charge on any atom is -0.493 e. The van der Waals surface area contributed by atoms with Crippen molar-refractivity contribution in [3.8, 4) is 5.75 Å². The average molecular weight is 473 g/mol. The highest BCUT2D eigenvalue weighted by Crippen LogP contribution is 2.22. The second-order valence-electron chi connectivity index (χ2n) is 9.03. The van der Waals surface area contributed by atoms with Crippen molar-refractivity contribution in [2.45, 2.75) is 45.6 Å². The van der Waals surface area contributed by atoms with Crippen LogP contribution in [0.5, 0.6) is 5.75 Å². The van der Waals surface area contributed by atoms with E-state index in [1.165, 1.54) is 11.1 Å². The van der Waals surface area contributed by atoms with Gasteiger partial charge in [0.05, 0.1) is 12.5 Å². The van der Waals surface area contributed by atoms with Crippen LogP contribution in [0.3, 0.4) is 0 Å². The van der Waals surface area contributed by atoms with Crippen LogP contribution in [-0.2, 0) is 41.8 Å². The monoisotopic (exact) mass is 472 g/mol. The summed E-state index contributed by atoms with van der Waals surface area (Å²) < 4.78 is 5.83. The molecular weight excluding hydrogens is 440 g/mol. The van der Waals surface area contributed by atoms with E-state index in [0.717, 1.165) is 41.8 Å². The van der Waals surface area contributed by atoms with E-state index < -0.39 is 11.9 Å². The lowest BCUT2D eigenvalue weighted by atomic mass is 9.94. The summed E-state index contributed by atoms with van der Waals surface area (Å²) in [6, 6.07) is 19.7. The number of fused-ring (bicyclic) bond motifs is 1. The Hall–Kier alpha value is -3.67. The summed E-state index contributed by atoms with van der Waals surface area (Å²) in [5.41, 5.74) is 5.49. The van der Waals surface area contributed by atoms with Crippen LogP contribution in [-0.4, -0.2) is 40.0 Å². The van der Waals surface area contributed by atoms with Crippen LogP contribution >= 0.6 is 0 Å². The number of carbonyl (C=O) groups excluding carboxylic acids is 1. The third-order valence-electron chi connectivity index (χ3n) is 6.58. The van der Waals surface area contributed by atoms with E-state index in [4.69, 9.17) is 4.74 Å². The molecule has 6 heteroatoms. The number of carboxylic acids is 1. The Morgan fingerprint density at radius 2 is 1.77 bits per heavy atom. The van der Waals surface area contributed by atoms with Crippen LogP contribution in [0.2, 0.25) is 0 Å². The van der Waals surface area contributed by atoms with Gasteiger partial charge in [0, 0.05) is 37.8 Å². The van der Waals surface area contributed by atoms with Gasteiger partial charge in [0.25, 0.3) is 0 Å². The maximum Gasteiger partial charge on any atom is 0.307 e. The van der Waals surface area contributed by atoms with Crippen molar-refractivity contribution in [1.29, 1.82) is 0 Å². The first-order valence-corrected chi connectivity index (χ1v) is 12.2. The summed E-state index contributed by atoms with van der Waals surface area (Å²) in [5.74, 6) is -1.08. The lowest BCUT2D eigenvalue weighted by Crippen LogP contribution is -2.38. The predicted octanol–water partition coefficient (Wildman–Crippen LogP) is 4.48. The molecule has 0 saturated carbocycles. The first-order chi connectivity index (χ1) is 17.0. The predicted molar refractivity (Wildman–Crippen MR) is 134 cm³/mol. The highest BCUT2D eigenvalue weighted by Gasteiger charge is 2.27. The number of pyridine rings is 1. The van der Waals surface area contributed by atoms with Crippen molar-refractivity contribution >= 4 is 11.9 Å². The minimum absolute atomic E-state index is 0.000424. The van der Waals surface area contributed by atoms with E-state index in [-0.39, 0.29) is 12.3 Å². The summed E-state index contributed by atoms with van der Waals surface area (Å²) in [4.78, 5) is 31.0. The van der Waals surface area contributed by atoms with Gasteiger partial charge in [-0.15, -0.1) is 0 Å². The number of hydrogen-bond donors (Lipinski definition) is 1. The zero-order valence-corrected chi connectivity index (χ0v) is 20.2. The Kier molecular flexibility index (Phi) is 8.14. The van der Waals surface area contributed by atoms with Crippen LogP contribution in [0.4, 0.5) is 0 Å². The van der Waals surface area contributed by atoms with Crippen LogP contribution in [0.25, 0.3) is 0 Å². The first-order valence-electron chi connectivity index (χ1n) is 12.2. The van der Waals surface area contributed by atoms with Gasteiger partial charge in [-0.1, -0.05) is 49.4 Å². The highest BCUT2D eigenvalue weighted by molar-refractivity contribution is 5.82. The number of aryl methyl sites for hydroxylation is 1. The smallest absolute Gasteiger partial charge is 0.307 e. The largest absolute Gasteiger partial charge is 0.493 e. The van der Waals surface area contributed by atoms with Crippen molar-refractivity contribution < 1.29 is 19.4 Å². The number of hydrogen-bond acceptors (Lipinski definition) is 4. The van der Waals surface area contributed by atoms with E-state index in [9.17, 15) is 14.7 Å². The molecule has 2 heterocycles. The molecule has 1 aliphatic heterocycles. The number of ether oxygens (including phenoxy) is 1. The fraction of sp³-hybridized carbons (Fsp3) is 0.345. The van der Waals surface area contributed by atoms with Gasteiger partial charge in [0.1, 0.15) is 5.75 Å². The molecular formula is C29H32N2O4. The van der Waals surface area contributed by atoms with E-state index in [1.54, 1.807) is 4.90 Å². The Bertz CT molecular complexity index is 1140. The number of aliphatic carboxylic acids is 1. The topological polar surface area (TPSA) is 79.7 Å². The number of nitrogens with zero attached hydrogens (tertiary/aromatic N) is 2. The van der Waals surface area contributed by atoms with Crippen LogP contribution in [0.15, 0.2) is 66.9 Å². The molecule has 0 fully saturated rings. The van der Waals surface area contributed by atoms with Gasteiger partial charge >= 0.3 is 5.97 Å². The lowest BCUT2D eigenvalue weighted by molar-refractivity contribution is -0.146. The van der Waals surface area contributed by atoms with Crippen LogP contribution in [0.1, 0.15) is 41.3 Å². The summed E-state index contributed by atoms with van der Waals surface area (Å²) in [7, 11) is 0. The number of aromatic nitrogens is 1. The Balaban J connectivity index is 1.27. The van der Waals surface area contributed by atoms with E-state index in [0.29, 0.717) is 26.1 Å². The molecule has 3 aromatic rings. The Morgan fingerprint density at radius 1 is 1.03 bits per heavy atom. The minimum atomic E-state index is -0.947. The molecule has 1 atom stereocenters. The van der Waals surface area contributed by atoms with E-state index in [2.05, 4.69) is 24.0 Å². The fourth-order valence-corrected chi connectivity index (χ4v) is 4.39. The molecule has 0 aliphatic carbocycles. The maximum atomic E-state index is 12.9. The highest BCUT2D eigenvalue weighted by atomic mass is 16.5. The molecule has 0 bridgehead atoms. The molecule has 2 aromatic carbocycles.